The number of amides is 1. The average molecular weight is 320 g/mol. The van der Waals surface area contributed by atoms with E-state index in [0.717, 1.165) is 0 Å². The van der Waals surface area contributed by atoms with Gasteiger partial charge in [0.2, 0.25) is 5.88 Å². The van der Waals surface area contributed by atoms with Crippen LogP contribution in [0.4, 0.5) is 13.2 Å². The van der Waals surface area contributed by atoms with Crippen LogP contribution in [0.2, 0.25) is 0 Å². The number of aliphatic hydroxyl groups is 1. The van der Waals surface area contributed by atoms with Crippen LogP contribution in [0, 0.1) is 0 Å². The van der Waals surface area contributed by atoms with Gasteiger partial charge in [0.25, 0.3) is 5.91 Å². The highest BCUT2D eigenvalue weighted by molar-refractivity contribution is 5.96. The van der Waals surface area contributed by atoms with Gasteiger partial charge in [0, 0.05) is 19.3 Å². The summed E-state index contributed by atoms with van der Waals surface area (Å²) in [6, 6.07) is 2.78. The normalized spacial score (nSPS) is 12.1. The minimum absolute atomic E-state index is 0.0376. The molecule has 0 aliphatic heterocycles. The first kappa shape index (κ1) is 18.2. The van der Waals surface area contributed by atoms with Gasteiger partial charge in [-0.25, -0.2) is 4.98 Å². The molecule has 1 heterocycles. The Morgan fingerprint density at radius 3 is 2.55 bits per heavy atom. The lowest BCUT2D eigenvalue weighted by Crippen LogP contribution is -2.42. The molecule has 0 aliphatic carbocycles. The van der Waals surface area contributed by atoms with E-state index in [1.54, 1.807) is 6.92 Å². The molecular weight excluding hydrogens is 301 g/mol. The second-order valence-corrected chi connectivity index (χ2v) is 5.39. The van der Waals surface area contributed by atoms with E-state index in [1.165, 1.54) is 37.1 Å². The standard InChI is InChI=1S/C14H19F3N2O3/c1-4-19(8-13(2,3)21)12(20)10-6-5-7-18-11(10)22-9-14(15,16)17/h5-7,21H,4,8-9H2,1-3H3. The molecule has 0 atom stereocenters. The van der Waals surface area contributed by atoms with Gasteiger partial charge in [-0.2, -0.15) is 13.2 Å². The summed E-state index contributed by atoms with van der Waals surface area (Å²) in [7, 11) is 0. The van der Waals surface area contributed by atoms with E-state index < -0.39 is 24.3 Å². The number of pyridine rings is 1. The largest absolute Gasteiger partial charge is 0.467 e. The highest BCUT2D eigenvalue weighted by atomic mass is 19.4. The minimum atomic E-state index is -4.52. The van der Waals surface area contributed by atoms with Gasteiger partial charge in [0.1, 0.15) is 5.56 Å². The maximum atomic E-state index is 12.4. The summed E-state index contributed by atoms with van der Waals surface area (Å²) in [5.74, 6) is -0.922. The molecule has 5 nitrogen and oxygen atoms in total. The zero-order valence-electron chi connectivity index (χ0n) is 12.6. The van der Waals surface area contributed by atoms with Gasteiger partial charge in [-0.1, -0.05) is 0 Å². The molecule has 124 valence electrons. The van der Waals surface area contributed by atoms with Crippen molar-refractivity contribution in [2.24, 2.45) is 0 Å². The van der Waals surface area contributed by atoms with Crippen LogP contribution < -0.4 is 4.74 Å². The Bertz CT molecular complexity index is 513. The number of carbonyl (C=O) groups is 1. The summed E-state index contributed by atoms with van der Waals surface area (Å²) in [4.78, 5) is 17.4. The van der Waals surface area contributed by atoms with Crippen LogP contribution in [0.25, 0.3) is 0 Å². The van der Waals surface area contributed by atoms with Crippen molar-refractivity contribution in [1.82, 2.24) is 9.88 Å². The predicted molar refractivity (Wildman–Crippen MR) is 73.7 cm³/mol. The van der Waals surface area contributed by atoms with E-state index in [4.69, 9.17) is 0 Å². The van der Waals surface area contributed by atoms with E-state index >= 15 is 0 Å². The molecule has 1 rings (SSSR count). The van der Waals surface area contributed by atoms with Gasteiger partial charge in [-0.05, 0) is 32.9 Å². The lowest BCUT2D eigenvalue weighted by Gasteiger charge is -2.28. The van der Waals surface area contributed by atoms with Gasteiger partial charge in [-0.15, -0.1) is 0 Å². The first-order valence-corrected chi connectivity index (χ1v) is 6.69. The lowest BCUT2D eigenvalue weighted by atomic mass is 10.1. The molecule has 1 aromatic rings. The summed E-state index contributed by atoms with van der Waals surface area (Å²) in [5, 5.41) is 9.80. The maximum Gasteiger partial charge on any atom is 0.422 e. The molecule has 0 aromatic carbocycles. The van der Waals surface area contributed by atoms with Crippen LogP contribution in [0.5, 0.6) is 5.88 Å². The van der Waals surface area contributed by atoms with Crippen molar-refractivity contribution in [3.05, 3.63) is 23.9 Å². The highest BCUT2D eigenvalue weighted by Crippen LogP contribution is 2.21. The molecule has 1 aromatic heterocycles. The average Bonchev–Trinajstić information content (AvgIpc) is 2.40. The van der Waals surface area contributed by atoms with Crippen LogP contribution >= 0.6 is 0 Å². The summed E-state index contributed by atoms with van der Waals surface area (Å²) >= 11 is 0. The molecule has 1 N–H and O–H groups in total. The van der Waals surface area contributed by atoms with Crippen molar-refractivity contribution in [2.45, 2.75) is 32.5 Å². The summed E-state index contributed by atoms with van der Waals surface area (Å²) < 4.78 is 41.3. The zero-order chi connectivity index (χ0) is 17.0. The van der Waals surface area contributed by atoms with Crippen LogP contribution in [0.15, 0.2) is 18.3 Å². The molecule has 0 spiro atoms. The van der Waals surface area contributed by atoms with Gasteiger partial charge in [0.05, 0.1) is 5.60 Å². The van der Waals surface area contributed by atoms with Crippen LogP contribution in [-0.4, -0.2) is 52.4 Å². The minimum Gasteiger partial charge on any atom is -0.467 e. The topological polar surface area (TPSA) is 62.7 Å². The third-order valence-electron chi connectivity index (χ3n) is 2.62. The number of hydrogen-bond donors (Lipinski definition) is 1. The number of rotatable bonds is 6. The number of alkyl halides is 3. The fourth-order valence-corrected chi connectivity index (χ4v) is 1.78. The van der Waals surface area contributed by atoms with Gasteiger partial charge < -0.3 is 14.7 Å². The fraction of sp³-hybridized carbons (Fsp3) is 0.571. The second-order valence-electron chi connectivity index (χ2n) is 5.39. The quantitative estimate of drug-likeness (QED) is 0.873. The Hall–Kier alpha value is -1.83. The van der Waals surface area contributed by atoms with Gasteiger partial charge in [-0.3, -0.25) is 4.79 Å². The van der Waals surface area contributed by atoms with E-state index in [0.29, 0.717) is 0 Å². The summed E-state index contributed by atoms with van der Waals surface area (Å²) in [6.07, 6.45) is -3.27. The smallest absolute Gasteiger partial charge is 0.422 e. The molecule has 8 heteroatoms. The number of carbonyl (C=O) groups excluding carboxylic acids is 1. The van der Waals surface area contributed by atoms with E-state index in [-0.39, 0.29) is 24.5 Å². The van der Waals surface area contributed by atoms with Crippen molar-refractivity contribution in [3.8, 4) is 5.88 Å². The highest BCUT2D eigenvalue weighted by Gasteiger charge is 2.30. The third kappa shape index (κ3) is 5.88. The molecule has 0 aliphatic rings. The van der Waals surface area contributed by atoms with Crippen molar-refractivity contribution < 1.29 is 27.8 Å². The van der Waals surface area contributed by atoms with E-state index in [9.17, 15) is 23.1 Å². The maximum absolute atomic E-state index is 12.4. The Kier molecular flexibility index (Phi) is 5.76. The molecule has 0 saturated heterocycles. The molecule has 0 unspecified atom stereocenters. The van der Waals surface area contributed by atoms with Gasteiger partial charge >= 0.3 is 6.18 Å². The number of ether oxygens (including phenoxy) is 1. The first-order chi connectivity index (χ1) is 10.0. The number of halogens is 3. The van der Waals surface area contributed by atoms with Crippen LogP contribution in [0.3, 0.4) is 0 Å². The Morgan fingerprint density at radius 2 is 2.05 bits per heavy atom. The molecule has 0 bridgehead atoms. The Morgan fingerprint density at radius 1 is 1.41 bits per heavy atom. The summed E-state index contributed by atoms with van der Waals surface area (Å²) in [5.41, 5.74) is -1.20. The van der Waals surface area contributed by atoms with Crippen LogP contribution in [0.1, 0.15) is 31.1 Å². The number of hydrogen-bond acceptors (Lipinski definition) is 4. The lowest BCUT2D eigenvalue weighted by molar-refractivity contribution is -0.154. The molecule has 0 fully saturated rings. The SMILES string of the molecule is CCN(CC(C)(C)O)C(=O)c1cccnc1OCC(F)(F)F. The number of aromatic nitrogens is 1. The Balaban J connectivity index is 2.97. The molecule has 1 amide bonds. The first-order valence-electron chi connectivity index (χ1n) is 6.69. The molecule has 0 radical (unpaired) electrons. The fourth-order valence-electron chi connectivity index (χ4n) is 1.78. The number of nitrogens with zero attached hydrogens (tertiary/aromatic N) is 2. The van der Waals surface area contributed by atoms with Crippen molar-refractivity contribution in [1.29, 1.82) is 0 Å². The zero-order valence-corrected chi connectivity index (χ0v) is 12.6. The monoisotopic (exact) mass is 320 g/mol. The summed E-state index contributed by atoms with van der Waals surface area (Å²) in [6.45, 7) is 3.57. The predicted octanol–water partition coefficient (Wildman–Crippen LogP) is 2.26. The van der Waals surface area contributed by atoms with E-state index in [2.05, 4.69) is 9.72 Å². The molecular formula is C14H19F3N2O3. The number of likely N-dealkylation sites (N-methyl/N-ethyl adjacent to an activating group) is 1. The van der Waals surface area contributed by atoms with Gasteiger partial charge in [0.15, 0.2) is 6.61 Å². The van der Waals surface area contributed by atoms with Crippen molar-refractivity contribution in [3.63, 3.8) is 0 Å². The van der Waals surface area contributed by atoms with E-state index in [1.807, 2.05) is 0 Å². The Labute approximate surface area is 126 Å². The van der Waals surface area contributed by atoms with Crippen molar-refractivity contribution in [2.75, 3.05) is 19.7 Å². The second kappa shape index (κ2) is 6.95. The molecule has 0 saturated carbocycles. The van der Waals surface area contributed by atoms with Crippen LogP contribution in [-0.2, 0) is 0 Å². The third-order valence-corrected chi connectivity index (χ3v) is 2.62. The molecule has 22 heavy (non-hydrogen) atoms. The van der Waals surface area contributed by atoms with Crippen molar-refractivity contribution >= 4 is 5.91 Å².